The zero-order chi connectivity index (χ0) is 64.3. The van der Waals surface area contributed by atoms with Gasteiger partial charge in [-0.2, -0.15) is 0 Å². The van der Waals surface area contributed by atoms with Crippen LogP contribution < -0.4 is 74.2 Å². The molecule has 0 heterocycles. The first-order valence-corrected chi connectivity index (χ1v) is 31.7. The Morgan fingerprint density at radius 1 is 0.451 bits per heavy atom. The number of hydrogen-bond donors (Lipinski definition) is 8. The molecule has 13 nitrogen and oxygen atoms in total. The van der Waals surface area contributed by atoms with Gasteiger partial charge < -0.3 is 74.2 Å². The normalized spacial score (nSPS) is 11.4. The van der Waals surface area contributed by atoms with Crippen LogP contribution in [0.2, 0.25) is 0 Å². The molecule has 0 saturated heterocycles. The van der Waals surface area contributed by atoms with E-state index >= 15 is 0 Å². The molecule has 15 heteroatoms. The minimum absolute atomic E-state index is 0. The van der Waals surface area contributed by atoms with Crippen molar-refractivity contribution < 1.29 is 60.2 Å². The highest BCUT2D eigenvalue weighted by Crippen LogP contribution is 2.30. The summed E-state index contributed by atoms with van der Waals surface area (Å²) in [5, 5.41) is 8.99. The fraction of sp³-hybridized carbons (Fsp3) is 0.316. The summed E-state index contributed by atoms with van der Waals surface area (Å²) in [5.74, 6) is 1.72. The van der Waals surface area contributed by atoms with E-state index in [2.05, 4.69) is 55.1 Å². The number of halogens is 2. The summed E-state index contributed by atoms with van der Waals surface area (Å²) in [6.45, 7) is 13.4. The van der Waals surface area contributed by atoms with Crippen LogP contribution in [0.15, 0.2) is 218 Å². The molecule has 3 amide bonds. The predicted octanol–water partition coefficient (Wildman–Crippen LogP) is 6.44. The highest BCUT2D eigenvalue weighted by Gasteiger charge is 2.17. The van der Waals surface area contributed by atoms with Crippen LogP contribution in [0.3, 0.4) is 0 Å². The quantitative estimate of drug-likeness (QED) is 0.0253. The van der Waals surface area contributed by atoms with Crippen molar-refractivity contribution in [3.63, 3.8) is 0 Å². The molecule has 0 aliphatic heterocycles. The van der Waals surface area contributed by atoms with Crippen molar-refractivity contribution in [3.05, 3.63) is 235 Å². The summed E-state index contributed by atoms with van der Waals surface area (Å²) >= 11 is 0. The summed E-state index contributed by atoms with van der Waals surface area (Å²) in [7, 11) is 0. The summed E-state index contributed by atoms with van der Waals surface area (Å²) in [4.78, 5) is 47.7. The number of ether oxygens (including phenoxy) is 1. The molecule has 0 radical (unpaired) electrons. The standard InChI is InChI=1S/C20H25NO.2C18H23N3O.C13H10O2.C7H17N.2ClH/c1-3-4-10-16(2)15-21-20(22)19-14-9-8-13-18(19)17-11-6-5-7-12-17;2*19-12-6-9-15(20)13-21-18(22)17-11-5-4-10-16(17)14-7-2-1-3-8-14;14-10-15-13-9-5-4-8-12(13)11-6-2-1-3-7-11;1-3-4-5-7(2)6-8;;/h5-9,11-14,16H,3-4,10,15H2,1-2H3,(H,21,22);2*1-5,7-8,10-11,15H,6,9,12-13,19-20H2,(H,21,22);1-10H;7H,3-6,8H2,1-2H3;2*1H/t16-;2*15-;;7-;;/m000.0../s1. The monoisotopic (exact) mass is 1270 g/mol. The molecule has 0 fully saturated rings. The number of rotatable bonds is 28. The Balaban J connectivity index is 0.000000397. The molecule has 8 aromatic carbocycles. The van der Waals surface area contributed by atoms with Gasteiger partial charge in [0.25, 0.3) is 24.2 Å². The number of benzene rings is 8. The van der Waals surface area contributed by atoms with Crippen molar-refractivity contribution >= 4 is 24.2 Å². The summed E-state index contributed by atoms with van der Waals surface area (Å²) in [6, 6.07) is 70.5. The van der Waals surface area contributed by atoms with Crippen molar-refractivity contribution in [2.24, 2.45) is 29.0 Å². The molecular formula is C76H100Cl2N8O5. The Morgan fingerprint density at radius 2 is 0.802 bits per heavy atom. The van der Waals surface area contributed by atoms with E-state index in [-0.39, 0.29) is 54.6 Å². The lowest BCUT2D eigenvalue weighted by Crippen LogP contribution is -3.00. The Hall–Kier alpha value is -7.98. The third-order valence-electron chi connectivity index (χ3n) is 14.7. The first-order chi connectivity index (χ1) is 43.4. The zero-order valence-electron chi connectivity index (χ0n) is 53.9. The molecule has 8 aromatic rings. The summed E-state index contributed by atoms with van der Waals surface area (Å²) < 4.78 is 4.91. The molecule has 4 atom stereocenters. The lowest BCUT2D eigenvalue weighted by Gasteiger charge is -2.14. The van der Waals surface area contributed by atoms with Gasteiger partial charge in [-0.3, -0.25) is 19.2 Å². The van der Waals surface area contributed by atoms with E-state index in [0.717, 1.165) is 108 Å². The van der Waals surface area contributed by atoms with Gasteiger partial charge >= 0.3 is 0 Å². The first-order valence-electron chi connectivity index (χ1n) is 31.7. The molecule has 15 N–H and O–H groups in total. The predicted molar refractivity (Wildman–Crippen MR) is 368 cm³/mol. The Morgan fingerprint density at radius 3 is 1.19 bits per heavy atom. The average molecular weight is 1280 g/mol. The Bertz CT molecular complexity index is 2960. The van der Waals surface area contributed by atoms with Crippen LogP contribution in [0.1, 0.15) is 123 Å². The number of nitrogens with one attached hydrogen (secondary N) is 3. The number of amides is 3. The second kappa shape index (κ2) is 47.9. The van der Waals surface area contributed by atoms with Gasteiger partial charge in [0.05, 0.1) is 13.1 Å². The largest absolute Gasteiger partial charge is 1.00 e. The first kappa shape index (κ1) is 79.1. The number of carbonyl (C=O) groups is 4. The molecule has 0 aliphatic carbocycles. The third kappa shape index (κ3) is 30.1. The van der Waals surface area contributed by atoms with Crippen LogP contribution in [0.4, 0.5) is 0 Å². The average Bonchev–Trinajstić information content (AvgIpc) is 1.58. The molecule has 0 saturated carbocycles. The van der Waals surface area contributed by atoms with Gasteiger partial charge in [-0.1, -0.05) is 248 Å². The van der Waals surface area contributed by atoms with E-state index in [9.17, 15) is 19.2 Å². The van der Waals surface area contributed by atoms with E-state index in [4.69, 9.17) is 21.9 Å². The summed E-state index contributed by atoms with van der Waals surface area (Å²) in [6.07, 6.45) is 11.2. The van der Waals surface area contributed by atoms with Gasteiger partial charge in [0, 0.05) is 54.2 Å². The van der Waals surface area contributed by atoms with Crippen LogP contribution in [-0.2, 0) is 4.79 Å². The highest BCUT2D eigenvalue weighted by molar-refractivity contribution is 6.02. The molecule has 0 aliphatic rings. The van der Waals surface area contributed by atoms with Gasteiger partial charge in [0.2, 0.25) is 0 Å². The number of nitrogens with two attached hydrogens (primary N) is 3. The molecule has 8 rings (SSSR count). The lowest BCUT2D eigenvalue weighted by molar-refractivity contribution is -0.423. The van der Waals surface area contributed by atoms with Crippen molar-refractivity contribution in [3.8, 4) is 50.3 Å². The second-order valence-corrected chi connectivity index (χ2v) is 22.2. The highest BCUT2D eigenvalue weighted by atomic mass is 35.5. The zero-order valence-corrected chi connectivity index (χ0v) is 55.4. The topological polar surface area (TPSA) is 247 Å². The van der Waals surface area contributed by atoms with Gasteiger partial charge in [-0.25, -0.2) is 0 Å². The van der Waals surface area contributed by atoms with Crippen molar-refractivity contribution in [2.45, 2.75) is 104 Å². The minimum Gasteiger partial charge on any atom is -1.00 e. The van der Waals surface area contributed by atoms with Crippen molar-refractivity contribution in [2.75, 3.05) is 39.3 Å². The fourth-order valence-corrected chi connectivity index (χ4v) is 9.48. The van der Waals surface area contributed by atoms with Gasteiger partial charge in [-0.15, -0.1) is 0 Å². The fourth-order valence-electron chi connectivity index (χ4n) is 9.48. The number of unbranched alkanes of at least 4 members (excludes halogenated alkanes) is 2. The number of hydrogen-bond acceptors (Lipinski definition) is 8. The van der Waals surface area contributed by atoms with Crippen molar-refractivity contribution in [1.29, 1.82) is 0 Å². The molecule has 0 aromatic heterocycles. The number of para-hydroxylation sites is 1. The minimum atomic E-state index is -0.0948. The molecule has 0 spiro atoms. The third-order valence-corrected chi connectivity index (χ3v) is 14.7. The number of carbonyl (C=O) groups excluding carboxylic acids is 4. The maximum atomic E-state index is 12.5. The van der Waals surface area contributed by atoms with Gasteiger partial charge in [0.1, 0.15) is 11.8 Å². The van der Waals surface area contributed by atoms with E-state index < -0.39 is 0 Å². The maximum Gasteiger partial charge on any atom is 0.298 e. The lowest BCUT2D eigenvalue weighted by atomic mass is 9.99. The van der Waals surface area contributed by atoms with Crippen LogP contribution in [-0.4, -0.2) is 75.5 Å². The molecule has 0 bridgehead atoms. The number of quaternary nitrogens is 2. The van der Waals surface area contributed by atoms with Crippen LogP contribution in [0, 0.1) is 11.8 Å². The Labute approximate surface area is 554 Å². The van der Waals surface area contributed by atoms with Gasteiger partial charge in [0.15, 0.2) is 0 Å². The molecule has 488 valence electrons. The van der Waals surface area contributed by atoms with E-state index in [1.165, 1.54) is 32.1 Å². The smallest absolute Gasteiger partial charge is 0.298 e. The van der Waals surface area contributed by atoms with E-state index in [1.807, 2.05) is 212 Å². The molecular weight excluding hydrogens is 1180 g/mol. The molecule has 91 heavy (non-hydrogen) atoms. The molecule has 0 unspecified atom stereocenters. The van der Waals surface area contributed by atoms with E-state index in [0.29, 0.717) is 48.9 Å². The van der Waals surface area contributed by atoms with Crippen LogP contribution in [0.25, 0.3) is 44.5 Å². The van der Waals surface area contributed by atoms with E-state index in [1.54, 1.807) is 6.07 Å². The second-order valence-electron chi connectivity index (χ2n) is 22.2. The Kier molecular flexibility index (Phi) is 41.6. The maximum absolute atomic E-state index is 12.5. The SMILES string of the molecule is CCCC[C@H](C)CN.CCCC[C@H](C)CNC(=O)c1ccccc1-c1ccccc1.NCCC[C@H](N)CNC(=O)c1ccccc1-c1ccccc1.O=COc1ccccc1-c1ccccc1.[Cl-].[Cl-].[NH3+]CCC[C@H]([NH3+])CNC(=O)c1ccccc1-c1ccccc1. The van der Waals surface area contributed by atoms with Crippen LogP contribution in [0.5, 0.6) is 5.75 Å². The van der Waals surface area contributed by atoms with Gasteiger partial charge in [-0.05, 0) is 114 Å². The van der Waals surface area contributed by atoms with Crippen LogP contribution >= 0.6 is 0 Å². The van der Waals surface area contributed by atoms with Crippen molar-refractivity contribution in [1.82, 2.24) is 16.0 Å². The summed E-state index contributed by atoms with van der Waals surface area (Å²) in [5.41, 5.74) is 34.9.